The highest BCUT2D eigenvalue weighted by atomic mass is 32.1. The molecule has 0 radical (unpaired) electrons. The molecule has 2 nitrogen and oxygen atoms in total. The predicted octanol–water partition coefficient (Wildman–Crippen LogP) is 4.80. The summed E-state index contributed by atoms with van der Waals surface area (Å²) in [6, 6.07) is 10.2. The SMILES string of the molecule is CCCCCCc1ccc(-c2ccc(C#N)s2)cn1. The van der Waals surface area contributed by atoms with E-state index >= 15 is 0 Å². The second-order valence-electron chi connectivity index (χ2n) is 4.62. The van der Waals surface area contributed by atoms with Crippen molar-refractivity contribution in [3.05, 3.63) is 41.0 Å². The summed E-state index contributed by atoms with van der Waals surface area (Å²) in [6.45, 7) is 2.23. The minimum atomic E-state index is 0.749. The molecule has 0 N–H and O–H groups in total. The third kappa shape index (κ3) is 3.90. The van der Waals surface area contributed by atoms with Gasteiger partial charge in [0, 0.05) is 22.3 Å². The maximum Gasteiger partial charge on any atom is 0.110 e. The van der Waals surface area contributed by atoms with Crippen LogP contribution < -0.4 is 0 Å². The van der Waals surface area contributed by atoms with Crippen molar-refractivity contribution >= 4 is 11.3 Å². The van der Waals surface area contributed by atoms with Crippen LogP contribution in [0.25, 0.3) is 10.4 Å². The molecular formula is C16H18N2S. The van der Waals surface area contributed by atoms with Crippen molar-refractivity contribution in [2.45, 2.75) is 39.0 Å². The van der Waals surface area contributed by atoms with Crippen LogP contribution in [0.2, 0.25) is 0 Å². The number of pyridine rings is 1. The van der Waals surface area contributed by atoms with Gasteiger partial charge in [0.05, 0.1) is 0 Å². The van der Waals surface area contributed by atoms with Crippen molar-refractivity contribution in [2.75, 3.05) is 0 Å². The summed E-state index contributed by atoms with van der Waals surface area (Å²) in [6.07, 6.45) is 8.07. The molecule has 0 bridgehead atoms. The van der Waals surface area contributed by atoms with E-state index in [1.807, 2.05) is 18.3 Å². The van der Waals surface area contributed by atoms with Gasteiger partial charge in [0.2, 0.25) is 0 Å². The van der Waals surface area contributed by atoms with E-state index in [2.05, 4.69) is 30.1 Å². The van der Waals surface area contributed by atoms with Gasteiger partial charge < -0.3 is 0 Å². The van der Waals surface area contributed by atoms with E-state index < -0.39 is 0 Å². The topological polar surface area (TPSA) is 36.7 Å². The molecule has 0 saturated heterocycles. The van der Waals surface area contributed by atoms with Crippen LogP contribution in [-0.2, 0) is 6.42 Å². The van der Waals surface area contributed by atoms with Crippen molar-refractivity contribution < 1.29 is 0 Å². The van der Waals surface area contributed by atoms with Gasteiger partial charge >= 0.3 is 0 Å². The largest absolute Gasteiger partial charge is 0.261 e. The molecule has 0 fully saturated rings. The molecule has 2 aromatic heterocycles. The maximum atomic E-state index is 8.83. The van der Waals surface area contributed by atoms with Gasteiger partial charge in [0.25, 0.3) is 0 Å². The van der Waals surface area contributed by atoms with Gasteiger partial charge in [-0.3, -0.25) is 4.98 Å². The van der Waals surface area contributed by atoms with Gasteiger partial charge in [-0.1, -0.05) is 32.3 Å². The number of hydrogen-bond acceptors (Lipinski definition) is 3. The van der Waals surface area contributed by atoms with Crippen molar-refractivity contribution in [1.29, 1.82) is 5.26 Å². The molecule has 0 aliphatic rings. The molecule has 98 valence electrons. The van der Waals surface area contributed by atoms with E-state index in [-0.39, 0.29) is 0 Å². The summed E-state index contributed by atoms with van der Waals surface area (Å²) in [5.74, 6) is 0. The van der Waals surface area contributed by atoms with Crippen LogP contribution in [0.4, 0.5) is 0 Å². The molecule has 0 aromatic carbocycles. The van der Waals surface area contributed by atoms with Gasteiger partial charge in [-0.2, -0.15) is 5.26 Å². The summed E-state index contributed by atoms with van der Waals surface area (Å²) in [5, 5.41) is 8.83. The highest BCUT2D eigenvalue weighted by Gasteiger charge is 2.03. The Kier molecular flexibility index (Phi) is 5.11. The molecule has 19 heavy (non-hydrogen) atoms. The molecule has 0 unspecified atom stereocenters. The van der Waals surface area contributed by atoms with E-state index in [9.17, 15) is 0 Å². The number of hydrogen-bond donors (Lipinski definition) is 0. The van der Waals surface area contributed by atoms with Crippen molar-refractivity contribution in [3.63, 3.8) is 0 Å². The van der Waals surface area contributed by atoms with Gasteiger partial charge in [-0.15, -0.1) is 11.3 Å². The van der Waals surface area contributed by atoms with Crippen molar-refractivity contribution in [3.8, 4) is 16.5 Å². The van der Waals surface area contributed by atoms with E-state index in [0.717, 1.165) is 27.4 Å². The molecule has 0 amide bonds. The lowest BCUT2D eigenvalue weighted by Gasteiger charge is -2.02. The van der Waals surface area contributed by atoms with Crippen LogP contribution in [0.15, 0.2) is 30.5 Å². The Morgan fingerprint density at radius 3 is 2.68 bits per heavy atom. The molecule has 0 aliphatic heterocycles. The summed E-state index contributed by atoms with van der Waals surface area (Å²) < 4.78 is 0. The normalized spacial score (nSPS) is 10.3. The minimum absolute atomic E-state index is 0.749. The molecule has 0 aliphatic carbocycles. The molecule has 0 spiro atoms. The average Bonchev–Trinajstić information content (AvgIpc) is 2.93. The van der Waals surface area contributed by atoms with Crippen LogP contribution >= 0.6 is 11.3 Å². The monoisotopic (exact) mass is 270 g/mol. The smallest absolute Gasteiger partial charge is 0.110 e. The van der Waals surface area contributed by atoms with E-state index in [1.165, 1.54) is 37.0 Å². The lowest BCUT2D eigenvalue weighted by Crippen LogP contribution is -1.90. The molecule has 2 heterocycles. The fraction of sp³-hybridized carbons (Fsp3) is 0.375. The molecule has 3 heteroatoms. The number of aromatic nitrogens is 1. The Labute approximate surface area is 118 Å². The third-order valence-electron chi connectivity index (χ3n) is 3.11. The van der Waals surface area contributed by atoms with E-state index in [1.54, 1.807) is 0 Å². The lowest BCUT2D eigenvalue weighted by molar-refractivity contribution is 0.661. The summed E-state index contributed by atoms with van der Waals surface area (Å²) >= 11 is 1.52. The Morgan fingerprint density at radius 1 is 1.16 bits per heavy atom. The number of thiophene rings is 1. The maximum absolute atomic E-state index is 8.83. The number of aryl methyl sites for hydroxylation is 1. The molecular weight excluding hydrogens is 252 g/mol. The van der Waals surface area contributed by atoms with Crippen LogP contribution in [0.3, 0.4) is 0 Å². The van der Waals surface area contributed by atoms with Crippen LogP contribution in [0, 0.1) is 11.3 Å². The molecule has 2 aromatic rings. The second kappa shape index (κ2) is 7.06. The Bertz CT molecular complexity index is 549. The van der Waals surface area contributed by atoms with Crippen LogP contribution in [0.5, 0.6) is 0 Å². The first-order valence-corrected chi connectivity index (χ1v) is 7.60. The highest BCUT2D eigenvalue weighted by molar-refractivity contribution is 7.16. The number of rotatable bonds is 6. The van der Waals surface area contributed by atoms with Gasteiger partial charge in [0.15, 0.2) is 0 Å². The standard InChI is InChI=1S/C16H18N2S/c1-2-3-4-5-6-14-8-7-13(12-18-14)16-10-9-15(11-17)19-16/h7-10,12H,2-6H2,1H3. The first-order chi connectivity index (χ1) is 9.33. The molecule has 2 rings (SSSR count). The number of nitrogens with zero attached hydrogens (tertiary/aromatic N) is 2. The summed E-state index contributed by atoms with van der Waals surface area (Å²) in [5.41, 5.74) is 2.26. The fourth-order valence-electron chi connectivity index (χ4n) is 2.00. The molecule has 0 atom stereocenters. The number of nitriles is 1. The zero-order valence-corrected chi connectivity index (χ0v) is 12.0. The van der Waals surface area contributed by atoms with Crippen molar-refractivity contribution in [2.24, 2.45) is 0 Å². The first kappa shape index (κ1) is 13.8. The van der Waals surface area contributed by atoms with E-state index in [0.29, 0.717) is 0 Å². The molecule has 0 saturated carbocycles. The van der Waals surface area contributed by atoms with Crippen LogP contribution in [0.1, 0.15) is 43.2 Å². The second-order valence-corrected chi connectivity index (χ2v) is 5.71. The Hall–Kier alpha value is -1.66. The predicted molar refractivity (Wildman–Crippen MR) is 80.1 cm³/mol. The van der Waals surface area contributed by atoms with Crippen molar-refractivity contribution in [1.82, 2.24) is 4.98 Å². The summed E-state index contributed by atoms with van der Waals surface area (Å²) in [4.78, 5) is 6.37. The number of unbranched alkanes of at least 4 members (excludes halogenated alkanes) is 3. The first-order valence-electron chi connectivity index (χ1n) is 6.78. The zero-order chi connectivity index (χ0) is 13.5. The fourth-order valence-corrected chi connectivity index (χ4v) is 2.80. The third-order valence-corrected chi connectivity index (χ3v) is 4.15. The highest BCUT2D eigenvalue weighted by Crippen LogP contribution is 2.27. The summed E-state index contributed by atoms with van der Waals surface area (Å²) in [7, 11) is 0. The van der Waals surface area contributed by atoms with E-state index in [4.69, 9.17) is 5.26 Å². The minimum Gasteiger partial charge on any atom is -0.261 e. The average molecular weight is 270 g/mol. The van der Waals surface area contributed by atoms with Gasteiger partial charge in [0.1, 0.15) is 10.9 Å². The van der Waals surface area contributed by atoms with Gasteiger partial charge in [-0.05, 0) is 31.0 Å². The zero-order valence-electron chi connectivity index (χ0n) is 11.2. The Morgan fingerprint density at radius 2 is 2.05 bits per heavy atom. The van der Waals surface area contributed by atoms with Gasteiger partial charge in [-0.25, -0.2) is 0 Å². The lowest BCUT2D eigenvalue weighted by atomic mass is 10.1. The van der Waals surface area contributed by atoms with Crippen LogP contribution in [-0.4, -0.2) is 4.98 Å². The quantitative estimate of drug-likeness (QED) is 0.707. The Balaban J connectivity index is 1.96.